The van der Waals surface area contributed by atoms with E-state index in [1.54, 1.807) is 0 Å². The smallest absolute Gasteiger partial charge is 0.0869 e. The summed E-state index contributed by atoms with van der Waals surface area (Å²) in [4.78, 5) is 1.98. The molecule has 0 aliphatic rings. The molecule has 0 aliphatic heterocycles. The average molecular weight is 186 g/mol. The van der Waals surface area contributed by atoms with Crippen LogP contribution in [0.5, 0.6) is 0 Å². The summed E-state index contributed by atoms with van der Waals surface area (Å²) in [6.07, 6.45) is 2.81. The van der Waals surface area contributed by atoms with Crippen LogP contribution in [-0.4, -0.2) is 49.3 Å². The predicted molar refractivity (Wildman–Crippen MR) is 56.9 cm³/mol. The molecule has 0 saturated heterocycles. The van der Waals surface area contributed by atoms with E-state index in [-0.39, 0.29) is 0 Å². The zero-order valence-corrected chi connectivity index (χ0v) is 9.01. The van der Waals surface area contributed by atoms with E-state index in [0.29, 0.717) is 13.1 Å². The molecule has 0 aromatic carbocycles. The van der Waals surface area contributed by atoms with Gasteiger partial charge >= 0.3 is 0 Å². The summed E-state index contributed by atoms with van der Waals surface area (Å²) in [6, 6.07) is 0. The highest BCUT2D eigenvalue weighted by Crippen LogP contribution is 2.02. The van der Waals surface area contributed by atoms with Gasteiger partial charge < -0.3 is 15.3 Å². The molecule has 0 fully saturated rings. The van der Waals surface area contributed by atoms with Crippen molar-refractivity contribution in [2.45, 2.75) is 18.9 Å². The Balaban J connectivity index is 3.56. The van der Waals surface area contributed by atoms with Crippen LogP contribution in [-0.2, 0) is 0 Å². The molecule has 3 nitrogen and oxygen atoms in total. The topological polar surface area (TPSA) is 35.5 Å². The first-order valence-corrected chi connectivity index (χ1v) is 4.66. The molecule has 1 unspecified atom stereocenters. The van der Waals surface area contributed by atoms with Gasteiger partial charge in [-0.2, -0.15) is 0 Å². The van der Waals surface area contributed by atoms with Gasteiger partial charge in [0.05, 0.1) is 5.60 Å². The quantitative estimate of drug-likeness (QED) is 0.448. The Morgan fingerprint density at radius 1 is 1.54 bits per heavy atom. The van der Waals surface area contributed by atoms with Crippen molar-refractivity contribution in [3.63, 3.8) is 0 Å². The van der Waals surface area contributed by atoms with Gasteiger partial charge in [-0.05, 0) is 34.0 Å². The van der Waals surface area contributed by atoms with Crippen LogP contribution in [0.4, 0.5) is 0 Å². The van der Waals surface area contributed by atoms with E-state index in [1.807, 2.05) is 32.0 Å². The Hall–Kier alpha value is -0.380. The third-order valence-electron chi connectivity index (χ3n) is 1.69. The molecule has 0 amide bonds. The number of aliphatic hydroxyl groups is 1. The second-order valence-electron chi connectivity index (χ2n) is 3.99. The zero-order chi connectivity index (χ0) is 10.3. The van der Waals surface area contributed by atoms with Crippen LogP contribution in [0.15, 0.2) is 12.7 Å². The number of hydrogen-bond acceptors (Lipinski definition) is 3. The van der Waals surface area contributed by atoms with Gasteiger partial charge in [0.25, 0.3) is 0 Å². The standard InChI is InChI=1S/C10H22N2O/c1-5-6-7-11-8-10(2,13)9-12(3)4/h5,11,13H,1,6-9H2,2-4H3. The van der Waals surface area contributed by atoms with E-state index in [4.69, 9.17) is 0 Å². The van der Waals surface area contributed by atoms with Gasteiger partial charge in [-0.15, -0.1) is 6.58 Å². The zero-order valence-electron chi connectivity index (χ0n) is 9.01. The van der Waals surface area contributed by atoms with E-state index in [9.17, 15) is 5.11 Å². The van der Waals surface area contributed by atoms with Gasteiger partial charge in [0.2, 0.25) is 0 Å². The second kappa shape index (κ2) is 6.13. The van der Waals surface area contributed by atoms with E-state index in [2.05, 4.69) is 11.9 Å². The largest absolute Gasteiger partial charge is 0.388 e. The highest BCUT2D eigenvalue weighted by atomic mass is 16.3. The van der Waals surface area contributed by atoms with Gasteiger partial charge in [-0.1, -0.05) is 6.08 Å². The number of nitrogens with one attached hydrogen (secondary N) is 1. The van der Waals surface area contributed by atoms with Crippen molar-refractivity contribution < 1.29 is 5.11 Å². The summed E-state index contributed by atoms with van der Waals surface area (Å²) in [5.41, 5.74) is -0.648. The fourth-order valence-electron chi connectivity index (χ4n) is 1.30. The minimum absolute atomic E-state index is 0.624. The molecule has 13 heavy (non-hydrogen) atoms. The lowest BCUT2D eigenvalue weighted by atomic mass is 10.1. The van der Waals surface area contributed by atoms with Crippen molar-refractivity contribution in [3.05, 3.63) is 12.7 Å². The summed E-state index contributed by atoms with van der Waals surface area (Å²) in [5.74, 6) is 0. The lowest BCUT2D eigenvalue weighted by molar-refractivity contribution is 0.0341. The Morgan fingerprint density at radius 2 is 2.15 bits per heavy atom. The first kappa shape index (κ1) is 12.6. The Labute approximate surface area is 81.4 Å². The van der Waals surface area contributed by atoms with E-state index in [1.165, 1.54) is 0 Å². The SMILES string of the molecule is C=CCCNCC(C)(O)CN(C)C. The third kappa shape index (κ3) is 7.96. The fourth-order valence-corrected chi connectivity index (χ4v) is 1.30. The average Bonchev–Trinajstić information content (AvgIpc) is 1.95. The van der Waals surface area contributed by atoms with Crippen LogP contribution in [0.25, 0.3) is 0 Å². The van der Waals surface area contributed by atoms with E-state index >= 15 is 0 Å². The summed E-state index contributed by atoms with van der Waals surface area (Å²) < 4.78 is 0. The van der Waals surface area contributed by atoms with Crippen LogP contribution in [0.2, 0.25) is 0 Å². The second-order valence-corrected chi connectivity index (χ2v) is 3.99. The van der Waals surface area contributed by atoms with Crippen molar-refractivity contribution in [1.82, 2.24) is 10.2 Å². The van der Waals surface area contributed by atoms with Crippen molar-refractivity contribution in [3.8, 4) is 0 Å². The first-order chi connectivity index (χ1) is 5.98. The van der Waals surface area contributed by atoms with Gasteiger partial charge in [-0.25, -0.2) is 0 Å². The molecule has 0 heterocycles. The molecule has 0 aliphatic carbocycles. The van der Waals surface area contributed by atoms with Crippen LogP contribution in [0.3, 0.4) is 0 Å². The number of rotatable bonds is 7. The molecule has 0 spiro atoms. The molecular formula is C10H22N2O. The van der Waals surface area contributed by atoms with Crippen molar-refractivity contribution in [2.24, 2.45) is 0 Å². The maximum atomic E-state index is 9.85. The lowest BCUT2D eigenvalue weighted by Gasteiger charge is -2.27. The van der Waals surface area contributed by atoms with Gasteiger partial charge in [-0.3, -0.25) is 0 Å². The fraction of sp³-hybridized carbons (Fsp3) is 0.800. The molecule has 78 valence electrons. The maximum Gasteiger partial charge on any atom is 0.0869 e. The van der Waals surface area contributed by atoms with Crippen LogP contribution in [0, 0.1) is 0 Å². The highest BCUT2D eigenvalue weighted by Gasteiger charge is 2.19. The van der Waals surface area contributed by atoms with Crippen molar-refractivity contribution >= 4 is 0 Å². The van der Waals surface area contributed by atoms with Crippen molar-refractivity contribution in [2.75, 3.05) is 33.7 Å². The Morgan fingerprint density at radius 3 is 2.62 bits per heavy atom. The summed E-state index contributed by atoms with van der Waals surface area (Å²) in [6.45, 7) is 7.65. The monoisotopic (exact) mass is 186 g/mol. The molecule has 0 aromatic heterocycles. The molecule has 0 bridgehead atoms. The molecule has 0 radical (unpaired) electrons. The lowest BCUT2D eigenvalue weighted by Crippen LogP contribution is -2.45. The van der Waals surface area contributed by atoms with E-state index in [0.717, 1.165) is 13.0 Å². The molecule has 0 saturated carbocycles. The first-order valence-electron chi connectivity index (χ1n) is 4.66. The number of nitrogens with zero attached hydrogens (tertiary/aromatic N) is 1. The maximum absolute atomic E-state index is 9.85. The van der Waals surface area contributed by atoms with Gasteiger partial charge in [0.15, 0.2) is 0 Å². The molecule has 0 rings (SSSR count). The third-order valence-corrected chi connectivity index (χ3v) is 1.69. The van der Waals surface area contributed by atoms with Crippen molar-refractivity contribution in [1.29, 1.82) is 0 Å². The summed E-state index contributed by atoms with van der Waals surface area (Å²) >= 11 is 0. The molecular weight excluding hydrogens is 164 g/mol. The molecule has 2 N–H and O–H groups in total. The molecule has 1 atom stereocenters. The molecule has 3 heteroatoms. The van der Waals surface area contributed by atoms with Gasteiger partial charge in [0, 0.05) is 13.1 Å². The van der Waals surface area contributed by atoms with E-state index < -0.39 is 5.60 Å². The predicted octanol–water partition coefficient (Wildman–Crippen LogP) is 0.465. The molecule has 0 aromatic rings. The normalized spacial score (nSPS) is 15.8. The van der Waals surface area contributed by atoms with Crippen LogP contribution in [0.1, 0.15) is 13.3 Å². The van der Waals surface area contributed by atoms with Crippen LogP contribution >= 0.6 is 0 Å². The highest BCUT2D eigenvalue weighted by molar-refractivity contribution is 4.78. The Kier molecular flexibility index (Phi) is 5.95. The van der Waals surface area contributed by atoms with Gasteiger partial charge in [0.1, 0.15) is 0 Å². The minimum atomic E-state index is -0.648. The number of hydrogen-bond donors (Lipinski definition) is 2. The van der Waals surface area contributed by atoms with Crippen LogP contribution < -0.4 is 5.32 Å². The number of likely N-dealkylation sites (N-methyl/N-ethyl adjacent to an activating group) is 1. The summed E-state index contributed by atoms with van der Waals surface area (Å²) in [7, 11) is 3.91. The minimum Gasteiger partial charge on any atom is -0.388 e. The summed E-state index contributed by atoms with van der Waals surface area (Å²) in [5, 5.41) is 13.0. The Bertz CT molecular complexity index is 144.